The summed E-state index contributed by atoms with van der Waals surface area (Å²) >= 11 is 0. The lowest BCUT2D eigenvalue weighted by atomic mass is 9.68. The molecule has 1 saturated carbocycles. The monoisotopic (exact) mass is 230 g/mol. The van der Waals surface area contributed by atoms with Gasteiger partial charge in [0.15, 0.2) is 0 Å². The number of epoxide rings is 1. The topological polar surface area (TPSA) is 21.8 Å². The van der Waals surface area contributed by atoms with E-state index in [9.17, 15) is 0 Å². The summed E-state index contributed by atoms with van der Waals surface area (Å²) < 4.78 is 11.3. The van der Waals surface area contributed by atoms with Crippen molar-refractivity contribution in [1.29, 1.82) is 0 Å². The minimum atomic E-state index is 0.398. The van der Waals surface area contributed by atoms with Gasteiger partial charge < -0.3 is 9.47 Å². The van der Waals surface area contributed by atoms with Crippen molar-refractivity contribution >= 4 is 0 Å². The molecule has 0 spiro atoms. The van der Waals surface area contributed by atoms with Crippen LogP contribution in [-0.4, -0.2) is 13.2 Å². The van der Waals surface area contributed by atoms with Gasteiger partial charge in [0.2, 0.25) is 0 Å². The summed E-state index contributed by atoms with van der Waals surface area (Å²) in [5.74, 6) is 2.48. The van der Waals surface area contributed by atoms with Gasteiger partial charge in [0.25, 0.3) is 0 Å². The average Bonchev–Trinajstić information content (AvgIpc) is 3.19. The van der Waals surface area contributed by atoms with Crippen LogP contribution >= 0.6 is 0 Å². The first-order valence-electron chi connectivity index (χ1n) is 6.72. The SMILES string of the molecule is COc1ccc2c(c1)[C@H]1CCCC[C@@H]1[C@@H]1O[C@H]21. The molecule has 2 fully saturated rings. The second-order valence-corrected chi connectivity index (χ2v) is 5.57. The molecule has 0 aromatic heterocycles. The van der Waals surface area contributed by atoms with E-state index in [1.54, 1.807) is 7.11 Å². The van der Waals surface area contributed by atoms with E-state index in [-0.39, 0.29) is 0 Å². The van der Waals surface area contributed by atoms with Crippen molar-refractivity contribution in [3.05, 3.63) is 29.3 Å². The highest BCUT2D eigenvalue weighted by Crippen LogP contribution is 2.58. The van der Waals surface area contributed by atoms with Crippen molar-refractivity contribution in [2.45, 2.75) is 43.8 Å². The fourth-order valence-corrected chi connectivity index (χ4v) is 3.90. The Kier molecular flexibility index (Phi) is 2.04. The third-order valence-electron chi connectivity index (χ3n) is 4.77. The predicted octanol–water partition coefficient (Wildman–Crippen LogP) is 3.42. The van der Waals surface area contributed by atoms with Crippen LogP contribution in [0.5, 0.6) is 5.75 Å². The fourth-order valence-electron chi connectivity index (χ4n) is 3.90. The molecule has 0 unspecified atom stereocenters. The Morgan fingerprint density at radius 3 is 2.94 bits per heavy atom. The summed E-state index contributed by atoms with van der Waals surface area (Å²) in [5, 5.41) is 0. The lowest BCUT2D eigenvalue weighted by molar-refractivity contribution is 0.237. The van der Waals surface area contributed by atoms with Gasteiger partial charge in [-0.25, -0.2) is 0 Å². The van der Waals surface area contributed by atoms with E-state index in [2.05, 4.69) is 18.2 Å². The molecule has 4 rings (SSSR count). The van der Waals surface area contributed by atoms with Crippen LogP contribution in [0.1, 0.15) is 48.8 Å². The van der Waals surface area contributed by atoms with Gasteiger partial charge in [-0.15, -0.1) is 0 Å². The van der Waals surface area contributed by atoms with Crippen LogP contribution in [0.3, 0.4) is 0 Å². The Bertz CT molecular complexity index is 454. The van der Waals surface area contributed by atoms with E-state index in [1.165, 1.54) is 36.8 Å². The van der Waals surface area contributed by atoms with Crippen LogP contribution in [0.4, 0.5) is 0 Å². The molecule has 1 aromatic rings. The number of benzene rings is 1. The smallest absolute Gasteiger partial charge is 0.119 e. The highest BCUT2D eigenvalue weighted by atomic mass is 16.6. The molecule has 0 amide bonds. The number of rotatable bonds is 1. The second-order valence-electron chi connectivity index (χ2n) is 5.57. The Morgan fingerprint density at radius 2 is 2.06 bits per heavy atom. The average molecular weight is 230 g/mol. The maximum atomic E-state index is 5.91. The number of hydrogen-bond acceptors (Lipinski definition) is 2. The number of hydrogen-bond donors (Lipinski definition) is 0. The first kappa shape index (κ1) is 9.95. The first-order chi connectivity index (χ1) is 8.38. The Hall–Kier alpha value is -1.02. The van der Waals surface area contributed by atoms with Crippen LogP contribution in [0.15, 0.2) is 18.2 Å². The Balaban J connectivity index is 1.81. The lowest BCUT2D eigenvalue weighted by Gasteiger charge is -2.35. The van der Waals surface area contributed by atoms with Gasteiger partial charge in [0, 0.05) is 0 Å². The molecule has 1 heterocycles. The van der Waals surface area contributed by atoms with Crippen molar-refractivity contribution in [3.63, 3.8) is 0 Å². The second kappa shape index (κ2) is 3.49. The Morgan fingerprint density at radius 1 is 1.18 bits per heavy atom. The summed E-state index contributed by atoms with van der Waals surface area (Å²) in [6, 6.07) is 6.53. The summed E-state index contributed by atoms with van der Waals surface area (Å²) in [6.07, 6.45) is 6.36. The highest BCUT2D eigenvalue weighted by molar-refractivity contribution is 5.44. The van der Waals surface area contributed by atoms with E-state index < -0.39 is 0 Å². The van der Waals surface area contributed by atoms with Crippen LogP contribution in [0.25, 0.3) is 0 Å². The van der Waals surface area contributed by atoms with E-state index in [1.807, 2.05) is 0 Å². The van der Waals surface area contributed by atoms with Gasteiger partial charge in [-0.1, -0.05) is 18.9 Å². The molecule has 0 radical (unpaired) electrons. The van der Waals surface area contributed by atoms with Gasteiger partial charge in [-0.3, -0.25) is 0 Å². The third kappa shape index (κ3) is 1.37. The number of ether oxygens (including phenoxy) is 2. The molecular weight excluding hydrogens is 212 g/mol. The largest absolute Gasteiger partial charge is 0.497 e. The van der Waals surface area contributed by atoms with Crippen LogP contribution in [0, 0.1) is 5.92 Å². The molecule has 1 saturated heterocycles. The molecule has 17 heavy (non-hydrogen) atoms. The molecule has 2 nitrogen and oxygen atoms in total. The molecule has 2 aliphatic carbocycles. The van der Waals surface area contributed by atoms with Crippen molar-refractivity contribution in [1.82, 2.24) is 0 Å². The minimum absolute atomic E-state index is 0.398. The lowest BCUT2D eigenvalue weighted by Crippen LogP contribution is -2.27. The maximum absolute atomic E-state index is 5.91. The molecule has 0 N–H and O–H groups in total. The molecule has 1 aliphatic heterocycles. The van der Waals surface area contributed by atoms with Crippen LogP contribution in [0.2, 0.25) is 0 Å². The zero-order valence-corrected chi connectivity index (χ0v) is 10.2. The third-order valence-corrected chi connectivity index (χ3v) is 4.77. The molecule has 2 heteroatoms. The fraction of sp³-hybridized carbons (Fsp3) is 0.600. The quantitative estimate of drug-likeness (QED) is 0.689. The van der Waals surface area contributed by atoms with E-state index >= 15 is 0 Å². The first-order valence-corrected chi connectivity index (χ1v) is 6.72. The van der Waals surface area contributed by atoms with E-state index in [0.717, 1.165) is 17.6 Å². The van der Waals surface area contributed by atoms with Crippen molar-refractivity contribution in [3.8, 4) is 5.75 Å². The summed E-state index contributed by atoms with van der Waals surface area (Å²) in [5.41, 5.74) is 2.94. The molecule has 1 aromatic carbocycles. The maximum Gasteiger partial charge on any atom is 0.119 e. The molecule has 90 valence electrons. The molecule has 4 atom stereocenters. The van der Waals surface area contributed by atoms with Crippen molar-refractivity contribution < 1.29 is 9.47 Å². The molecule has 0 bridgehead atoms. The standard InChI is InChI=1S/C15H18O2/c1-16-9-6-7-12-13(8-9)10-4-2-3-5-11(10)14-15(12)17-14/h6-8,10-11,14-15H,2-5H2,1H3/t10-,11-,14-,15+/m0/s1. The number of fused-ring (bicyclic) bond motifs is 6. The molecular formula is C15H18O2. The van der Waals surface area contributed by atoms with Crippen molar-refractivity contribution in [2.24, 2.45) is 5.92 Å². The van der Waals surface area contributed by atoms with Crippen LogP contribution in [-0.2, 0) is 4.74 Å². The van der Waals surface area contributed by atoms with E-state index in [0.29, 0.717) is 12.2 Å². The Labute approximate surface area is 102 Å². The number of methoxy groups -OCH3 is 1. The van der Waals surface area contributed by atoms with Gasteiger partial charge in [0.1, 0.15) is 11.9 Å². The summed E-state index contributed by atoms with van der Waals surface area (Å²) in [7, 11) is 1.75. The van der Waals surface area contributed by atoms with Gasteiger partial charge in [0.05, 0.1) is 13.2 Å². The van der Waals surface area contributed by atoms with Crippen molar-refractivity contribution in [2.75, 3.05) is 7.11 Å². The highest BCUT2D eigenvalue weighted by Gasteiger charge is 2.54. The normalized spacial score (nSPS) is 37.7. The van der Waals surface area contributed by atoms with Gasteiger partial charge >= 0.3 is 0 Å². The summed E-state index contributed by atoms with van der Waals surface area (Å²) in [4.78, 5) is 0. The molecule has 3 aliphatic rings. The zero-order chi connectivity index (χ0) is 11.4. The van der Waals surface area contributed by atoms with Crippen LogP contribution < -0.4 is 4.74 Å². The summed E-state index contributed by atoms with van der Waals surface area (Å²) in [6.45, 7) is 0. The van der Waals surface area contributed by atoms with E-state index in [4.69, 9.17) is 9.47 Å². The van der Waals surface area contributed by atoms with Gasteiger partial charge in [-0.05, 0) is 47.9 Å². The minimum Gasteiger partial charge on any atom is -0.497 e. The predicted molar refractivity (Wildman–Crippen MR) is 65.3 cm³/mol. The van der Waals surface area contributed by atoms with Gasteiger partial charge in [-0.2, -0.15) is 0 Å². The zero-order valence-electron chi connectivity index (χ0n) is 10.2.